The molecule has 0 unspecified atom stereocenters. The summed E-state index contributed by atoms with van der Waals surface area (Å²) in [7, 11) is 0. The minimum Gasteiger partial charge on any atom is -0.330 e. The Kier molecular flexibility index (Phi) is 8.48. The molecule has 2 aliphatic rings. The molecule has 4 heterocycles. The number of fused-ring (bicyclic) bond motifs is 4. The first-order valence-electron chi connectivity index (χ1n) is 14.6. The number of halogens is 3. The fourth-order valence-corrected chi connectivity index (χ4v) is 6.10. The lowest BCUT2D eigenvalue weighted by molar-refractivity contribution is -0.129. The first-order chi connectivity index (χ1) is 21.3. The van der Waals surface area contributed by atoms with Crippen molar-refractivity contribution in [2.75, 3.05) is 11.9 Å². The van der Waals surface area contributed by atoms with Crippen LogP contribution >= 0.6 is 11.6 Å². The molecule has 0 spiro atoms. The molecule has 7 nitrogen and oxygen atoms in total. The molecule has 2 aromatic carbocycles. The number of hydrogen-bond acceptors (Lipinski definition) is 5. The summed E-state index contributed by atoms with van der Waals surface area (Å²) in [5.74, 6) is -2.33. The van der Waals surface area contributed by atoms with Crippen LogP contribution in [0.2, 0.25) is 5.02 Å². The molecular formula is C34H30ClF2N5O2. The van der Waals surface area contributed by atoms with Crippen LogP contribution in [0.1, 0.15) is 61.2 Å². The predicted octanol–water partition coefficient (Wildman–Crippen LogP) is 7.18. The van der Waals surface area contributed by atoms with E-state index >= 15 is 0 Å². The number of rotatable bonds is 4. The molecule has 0 saturated heterocycles. The molecule has 0 saturated carbocycles. The van der Waals surface area contributed by atoms with Gasteiger partial charge in [0.1, 0.15) is 5.82 Å². The van der Waals surface area contributed by atoms with E-state index in [4.69, 9.17) is 11.6 Å². The maximum Gasteiger partial charge on any atom is 0.247 e. The van der Waals surface area contributed by atoms with Crippen LogP contribution in [0.4, 0.5) is 14.5 Å². The van der Waals surface area contributed by atoms with Gasteiger partial charge < -0.3 is 10.2 Å². The predicted molar refractivity (Wildman–Crippen MR) is 165 cm³/mol. The zero-order valence-corrected chi connectivity index (χ0v) is 24.8. The molecule has 0 radical (unpaired) electrons. The Morgan fingerprint density at radius 1 is 1.05 bits per heavy atom. The van der Waals surface area contributed by atoms with Crippen molar-refractivity contribution in [1.82, 2.24) is 20.1 Å². The van der Waals surface area contributed by atoms with Crippen LogP contribution in [0.3, 0.4) is 0 Å². The Labute approximate surface area is 259 Å². The summed E-state index contributed by atoms with van der Waals surface area (Å²) in [6, 6.07) is 15.4. The number of benzene rings is 2. The fourth-order valence-electron chi connectivity index (χ4n) is 5.94. The van der Waals surface area contributed by atoms with Crippen LogP contribution in [0.5, 0.6) is 0 Å². The van der Waals surface area contributed by atoms with E-state index in [9.17, 15) is 18.4 Å². The van der Waals surface area contributed by atoms with Gasteiger partial charge in [0, 0.05) is 48.6 Å². The summed E-state index contributed by atoms with van der Waals surface area (Å²) in [5.41, 5.74) is 4.87. The lowest BCUT2D eigenvalue weighted by atomic mass is 9.92. The smallest absolute Gasteiger partial charge is 0.247 e. The van der Waals surface area contributed by atoms with Gasteiger partial charge in [-0.3, -0.25) is 14.6 Å². The number of nitrogens with zero attached hydrogens (tertiary/aromatic N) is 4. The van der Waals surface area contributed by atoms with E-state index in [0.717, 1.165) is 34.5 Å². The number of anilines is 1. The highest BCUT2D eigenvalue weighted by Gasteiger charge is 2.31. The van der Waals surface area contributed by atoms with Crippen molar-refractivity contribution in [3.63, 3.8) is 0 Å². The first kappa shape index (κ1) is 29.6. The second kappa shape index (κ2) is 12.6. The third-order valence-electron chi connectivity index (χ3n) is 8.29. The maximum absolute atomic E-state index is 14.8. The molecule has 224 valence electrons. The molecule has 2 atom stereocenters. The van der Waals surface area contributed by atoms with Gasteiger partial charge in [0.05, 0.1) is 28.0 Å². The van der Waals surface area contributed by atoms with Crippen molar-refractivity contribution in [2.45, 2.75) is 45.1 Å². The zero-order chi connectivity index (χ0) is 30.8. The number of pyridine rings is 1. The van der Waals surface area contributed by atoms with E-state index in [2.05, 4.69) is 20.5 Å². The van der Waals surface area contributed by atoms with Gasteiger partial charge in [-0.2, -0.15) is 10.2 Å². The lowest BCUT2D eigenvalue weighted by Gasteiger charge is -2.34. The molecule has 0 aliphatic carbocycles. The molecule has 10 heteroatoms. The number of nitrogens with one attached hydrogen (secondary N) is 1. The Morgan fingerprint density at radius 3 is 2.70 bits per heavy atom. The SMILES string of the molecule is C[C@@H]1CCC[C@H](N2CCC(c3c(F)ccc(Cl)c3F)=CC2=O)c2cc(ccn2)-c2ccc(Cc3cccnn3)cc2NC1=O. The van der Waals surface area contributed by atoms with Crippen molar-refractivity contribution < 1.29 is 18.4 Å². The molecule has 6 rings (SSSR count). The summed E-state index contributed by atoms with van der Waals surface area (Å²) in [6.45, 7) is 2.15. The van der Waals surface area contributed by atoms with E-state index in [0.29, 0.717) is 37.1 Å². The highest BCUT2D eigenvalue weighted by molar-refractivity contribution is 6.31. The third kappa shape index (κ3) is 6.10. The third-order valence-corrected chi connectivity index (χ3v) is 8.59. The molecular weight excluding hydrogens is 584 g/mol. The summed E-state index contributed by atoms with van der Waals surface area (Å²) in [5, 5.41) is 11.1. The summed E-state index contributed by atoms with van der Waals surface area (Å²) in [6.07, 6.45) is 7.30. The van der Waals surface area contributed by atoms with Gasteiger partial charge in [-0.1, -0.05) is 37.1 Å². The minimum atomic E-state index is -0.870. The van der Waals surface area contributed by atoms with Crippen LogP contribution in [0, 0.1) is 17.6 Å². The van der Waals surface area contributed by atoms with Crippen molar-refractivity contribution in [3.8, 4) is 11.1 Å². The Bertz CT molecular complexity index is 1760. The van der Waals surface area contributed by atoms with E-state index in [1.807, 2.05) is 49.4 Å². The number of carbonyl (C=O) groups excluding carboxylic acids is 2. The zero-order valence-electron chi connectivity index (χ0n) is 24.1. The average molecular weight is 614 g/mol. The quantitative estimate of drug-likeness (QED) is 0.246. The van der Waals surface area contributed by atoms with Gasteiger partial charge >= 0.3 is 0 Å². The monoisotopic (exact) mass is 613 g/mol. The van der Waals surface area contributed by atoms with Crippen LogP contribution < -0.4 is 5.32 Å². The van der Waals surface area contributed by atoms with Crippen LogP contribution in [-0.2, 0) is 16.0 Å². The minimum absolute atomic E-state index is 0.0819. The van der Waals surface area contributed by atoms with Gasteiger partial charge in [0.25, 0.3) is 0 Å². The highest BCUT2D eigenvalue weighted by atomic mass is 35.5. The molecule has 1 N–H and O–H groups in total. The number of carbonyl (C=O) groups is 2. The van der Waals surface area contributed by atoms with Crippen molar-refractivity contribution in [1.29, 1.82) is 0 Å². The topological polar surface area (TPSA) is 88.1 Å². The first-order valence-corrected chi connectivity index (χ1v) is 15.0. The van der Waals surface area contributed by atoms with E-state index in [1.165, 1.54) is 6.08 Å². The summed E-state index contributed by atoms with van der Waals surface area (Å²) in [4.78, 5) is 33.2. The number of hydrogen-bond donors (Lipinski definition) is 1. The van der Waals surface area contributed by atoms with Gasteiger partial charge in [0.15, 0.2) is 5.82 Å². The van der Waals surface area contributed by atoms with E-state index in [-0.39, 0.29) is 52.9 Å². The van der Waals surface area contributed by atoms with Crippen LogP contribution in [0.25, 0.3) is 16.7 Å². The van der Waals surface area contributed by atoms with Crippen molar-refractivity contribution in [2.24, 2.45) is 5.92 Å². The van der Waals surface area contributed by atoms with Crippen LogP contribution in [0.15, 0.2) is 73.1 Å². The normalized spacial score (nSPS) is 18.9. The van der Waals surface area contributed by atoms with Gasteiger partial charge in [-0.15, -0.1) is 0 Å². The van der Waals surface area contributed by atoms with Crippen molar-refractivity contribution in [3.05, 3.63) is 112 Å². The standard InChI is InChI=1S/C34H30ClF2N5O2/c1-20-4-2-6-30(42-15-12-23(19-31(42)43)32-27(36)10-9-26(35)33(32)37)29-18-22(11-14-38-29)25-8-7-21(17-28(25)40-34(20)44)16-24-5-3-13-39-41-24/h3,5,7-11,13-14,17-20,30H,2,4,6,12,15-16H2,1H3,(H,40,44)/t20-,30+/m1/s1. The largest absolute Gasteiger partial charge is 0.330 e. The van der Waals surface area contributed by atoms with Gasteiger partial charge in [0.2, 0.25) is 11.8 Å². The summed E-state index contributed by atoms with van der Waals surface area (Å²) < 4.78 is 29.4. The second-order valence-electron chi connectivity index (χ2n) is 11.2. The molecule has 0 fully saturated rings. The van der Waals surface area contributed by atoms with Gasteiger partial charge in [-0.25, -0.2) is 8.78 Å². The molecule has 4 aromatic rings. The second-order valence-corrected chi connectivity index (χ2v) is 11.7. The Hall–Kier alpha value is -4.50. The lowest BCUT2D eigenvalue weighted by Crippen LogP contribution is -2.38. The molecule has 44 heavy (non-hydrogen) atoms. The molecule has 2 aliphatic heterocycles. The molecule has 2 bridgehead atoms. The highest BCUT2D eigenvalue weighted by Crippen LogP contribution is 2.37. The molecule has 2 aromatic heterocycles. The van der Waals surface area contributed by atoms with Crippen LogP contribution in [-0.4, -0.2) is 38.4 Å². The van der Waals surface area contributed by atoms with Crippen molar-refractivity contribution >= 4 is 34.7 Å². The maximum atomic E-state index is 14.8. The Morgan fingerprint density at radius 2 is 1.91 bits per heavy atom. The number of amides is 2. The average Bonchev–Trinajstić information content (AvgIpc) is 3.02. The van der Waals surface area contributed by atoms with Gasteiger partial charge in [-0.05, 0) is 78.4 Å². The van der Waals surface area contributed by atoms with E-state index in [1.54, 1.807) is 17.3 Å². The Balaban J connectivity index is 1.36. The van der Waals surface area contributed by atoms with E-state index < -0.39 is 11.6 Å². The molecule has 2 amide bonds. The number of aromatic nitrogens is 3. The summed E-state index contributed by atoms with van der Waals surface area (Å²) >= 11 is 5.91. The fraction of sp³-hybridized carbons (Fsp3) is 0.265.